The molecule has 1 fully saturated rings. The van der Waals surface area contributed by atoms with Crippen molar-refractivity contribution in [3.63, 3.8) is 0 Å². The number of fused-ring (bicyclic) bond motifs is 2. The first kappa shape index (κ1) is 7.84. The molecular weight excluding hydrogens is 150 g/mol. The Labute approximate surface area is 73.2 Å². The van der Waals surface area contributed by atoms with Gasteiger partial charge in [-0.3, -0.25) is 4.79 Å². The van der Waals surface area contributed by atoms with Gasteiger partial charge in [-0.05, 0) is 24.7 Å². The molecule has 2 aliphatic rings. The molecule has 0 aliphatic heterocycles. The summed E-state index contributed by atoms with van der Waals surface area (Å²) >= 11 is 0. The summed E-state index contributed by atoms with van der Waals surface area (Å²) in [4.78, 5) is 13.3. The molecule has 3 atom stereocenters. The van der Waals surface area contributed by atoms with Crippen LogP contribution in [0.25, 0.3) is 0 Å². The van der Waals surface area contributed by atoms with Crippen molar-refractivity contribution < 1.29 is 4.79 Å². The predicted octanol–water partition coefficient (Wildman–Crippen LogP) is 1.29. The Bertz CT molecular complexity index is 232. The second kappa shape index (κ2) is 2.61. The van der Waals surface area contributed by atoms with Crippen molar-refractivity contribution in [2.75, 3.05) is 14.1 Å². The van der Waals surface area contributed by atoms with Gasteiger partial charge in [0.15, 0.2) is 0 Å². The fraction of sp³-hybridized carbons (Fsp3) is 0.700. The first-order chi connectivity index (χ1) is 5.68. The van der Waals surface area contributed by atoms with Crippen LogP contribution in [0.15, 0.2) is 12.2 Å². The van der Waals surface area contributed by atoms with Crippen molar-refractivity contribution in [1.29, 1.82) is 0 Å². The molecule has 0 aromatic heterocycles. The lowest BCUT2D eigenvalue weighted by Crippen LogP contribution is -2.31. The van der Waals surface area contributed by atoms with E-state index in [1.165, 1.54) is 6.42 Å². The maximum absolute atomic E-state index is 11.6. The van der Waals surface area contributed by atoms with Crippen molar-refractivity contribution in [3.05, 3.63) is 12.2 Å². The van der Waals surface area contributed by atoms with Crippen molar-refractivity contribution >= 4 is 5.91 Å². The van der Waals surface area contributed by atoms with Gasteiger partial charge in [0.2, 0.25) is 5.91 Å². The van der Waals surface area contributed by atoms with E-state index in [1.807, 2.05) is 14.1 Å². The molecule has 0 saturated heterocycles. The fourth-order valence-corrected chi connectivity index (χ4v) is 2.40. The summed E-state index contributed by atoms with van der Waals surface area (Å²) in [5.41, 5.74) is 0. The smallest absolute Gasteiger partial charge is 0.225 e. The quantitative estimate of drug-likeness (QED) is 0.536. The zero-order valence-corrected chi connectivity index (χ0v) is 7.66. The van der Waals surface area contributed by atoms with Crippen LogP contribution in [0.5, 0.6) is 0 Å². The molecule has 0 radical (unpaired) electrons. The summed E-state index contributed by atoms with van der Waals surface area (Å²) in [6.45, 7) is 0. The van der Waals surface area contributed by atoms with Crippen LogP contribution >= 0.6 is 0 Å². The van der Waals surface area contributed by atoms with Gasteiger partial charge in [0.25, 0.3) is 0 Å². The molecular formula is C10H15NO. The van der Waals surface area contributed by atoms with Gasteiger partial charge in [0.05, 0.1) is 0 Å². The summed E-state index contributed by atoms with van der Waals surface area (Å²) in [6.07, 6.45) is 6.78. The van der Waals surface area contributed by atoms with Gasteiger partial charge in [0.1, 0.15) is 0 Å². The first-order valence-corrected chi connectivity index (χ1v) is 4.58. The van der Waals surface area contributed by atoms with E-state index in [1.54, 1.807) is 4.90 Å². The molecule has 1 amide bonds. The van der Waals surface area contributed by atoms with E-state index >= 15 is 0 Å². The predicted molar refractivity (Wildman–Crippen MR) is 47.5 cm³/mol. The summed E-state index contributed by atoms with van der Waals surface area (Å²) < 4.78 is 0. The maximum atomic E-state index is 11.6. The second-order valence-electron chi connectivity index (χ2n) is 4.12. The van der Waals surface area contributed by atoms with Crippen LogP contribution in [0.3, 0.4) is 0 Å². The van der Waals surface area contributed by atoms with Gasteiger partial charge in [-0.25, -0.2) is 0 Å². The highest BCUT2D eigenvalue weighted by Gasteiger charge is 2.40. The number of rotatable bonds is 1. The van der Waals surface area contributed by atoms with E-state index in [9.17, 15) is 4.79 Å². The number of amides is 1. The Morgan fingerprint density at radius 2 is 2.08 bits per heavy atom. The monoisotopic (exact) mass is 165 g/mol. The topological polar surface area (TPSA) is 20.3 Å². The van der Waals surface area contributed by atoms with Crippen molar-refractivity contribution in [1.82, 2.24) is 4.90 Å². The third kappa shape index (κ3) is 1.06. The summed E-state index contributed by atoms with van der Waals surface area (Å²) in [5, 5.41) is 0. The summed E-state index contributed by atoms with van der Waals surface area (Å²) in [5.74, 6) is 1.84. The Hall–Kier alpha value is -0.790. The van der Waals surface area contributed by atoms with Crippen LogP contribution in [-0.2, 0) is 4.79 Å². The van der Waals surface area contributed by atoms with Crippen LogP contribution in [0.4, 0.5) is 0 Å². The lowest BCUT2D eigenvalue weighted by molar-refractivity contribution is -0.133. The Balaban J connectivity index is 2.08. The molecule has 66 valence electrons. The Kier molecular flexibility index (Phi) is 1.71. The molecule has 0 spiro atoms. The molecule has 2 rings (SSSR count). The lowest BCUT2D eigenvalue weighted by atomic mass is 9.92. The van der Waals surface area contributed by atoms with Gasteiger partial charge >= 0.3 is 0 Å². The molecule has 0 aromatic carbocycles. The minimum Gasteiger partial charge on any atom is -0.349 e. The normalized spacial score (nSPS) is 37.3. The number of allylic oxidation sites excluding steroid dienone is 2. The van der Waals surface area contributed by atoms with E-state index in [0.717, 1.165) is 6.42 Å². The maximum Gasteiger partial charge on any atom is 0.225 e. The summed E-state index contributed by atoms with van der Waals surface area (Å²) in [6, 6.07) is 0. The standard InChI is InChI=1S/C10H15NO/c1-11(2)10(12)9-6-7-3-4-8(9)5-7/h3-4,7-9H,5-6H2,1-2H3/t7-,8+,9+/m0/s1. The molecule has 2 bridgehead atoms. The molecule has 2 aliphatic carbocycles. The van der Waals surface area contributed by atoms with Crippen LogP contribution < -0.4 is 0 Å². The van der Waals surface area contributed by atoms with E-state index in [-0.39, 0.29) is 5.92 Å². The van der Waals surface area contributed by atoms with Crippen LogP contribution in [0.2, 0.25) is 0 Å². The molecule has 2 heteroatoms. The van der Waals surface area contributed by atoms with Gasteiger partial charge < -0.3 is 4.90 Å². The van der Waals surface area contributed by atoms with Crippen LogP contribution in [0, 0.1) is 17.8 Å². The highest BCUT2D eigenvalue weighted by Crippen LogP contribution is 2.43. The van der Waals surface area contributed by atoms with E-state index in [2.05, 4.69) is 12.2 Å². The van der Waals surface area contributed by atoms with Crippen molar-refractivity contribution in [2.45, 2.75) is 12.8 Å². The molecule has 1 saturated carbocycles. The van der Waals surface area contributed by atoms with E-state index in [0.29, 0.717) is 17.7 Å². The van der Waals surface area contributed by atoms with Gasteiger partial charge in [0, 0.05) is 20.0 Å². The minimum absolute atomic E-state index is 0.287. The third-order valence-electron chi connectivity index (χ3n) is 3.04. The highest BCUT2D eigenvalue weighted by molar-refractivity contribution is 5.79. The first-order valence-electron chi connectivity index (χ1n) is 4.58. The number of hydrogen-bond acceptors (Lipinski definition) is 1. The fourth-order valence-electron chi connectivity index (χ4n) is 2.40. The zero-order chi connectivity index (χ0) is 8.72. The van der Waals surface area contributed by atoms with Crippen molar-refractivity contribution in [3.8, 4) is 0 Å². The average molecular weight is 165 g/mol. The minimum atomic E-state index is 0.287. The van der Waals surface area contributed by atoms with Gasteiger partial charge in [-0.1, -0.05) is 12.2 Å². The molecule has 2 nitrogen and oxygen atoms in total. The van der Waals surface area contributed by atoms with Crippen LogP contribution in [0.1, 0.15) is 12.8 Å². The molecule has 0 heterocycles. The second-order valence-corrected chi connectivity index (χ2v) is 4.12. The molecule has 0 unspecified atom stereocenters. The van der Waals surface area contributed by atoms with E-state index < -0.39 is 0 Å². The van der Waals surface area contributed by atoms with E-state index in [4.69, 9.17) is 0 Å². The number of hydrogen-bond donors (Lipinski definition) is 0. The zero-order valence-electron chi connectivity index (χ0n) is 7.66. The number of nitrogens with zero attached hydrogens (tertiary/aromatic N) is 1. The van der Waals surface area contributed by atoms with Gasteiger partial charge in [-0.15, -0.1) is 0 Å². The largest absolute Gasteiger partial charge is 0.349 e. The average Bonchev–Trinajstić information content (AvgIpc) is 2.62. The van der Waals surface area contributed by atoms with Crippen LogP contribution in [-0.4, -0.2) is 24.9 Å². The Morgan fingerprint density at radius 3 is 2.50 bits per heavy atom. The number of carbonyl (C=O) groups is 1. The molecule has 0 aromatic rings. The number of carbonyl (C=O) groups excluding carboxylic acids is 1. The SMILES string of the molecule is CN(C)C(=O)[C@@H]1C[C@H]2C=C[C@@H]1C2. The van der Waals surface area contributed by atoms with Gasteiger partial charge in [-0.2, -0.15) is 0 Å². The summed E-state index contributed by atoms with van der Waals surface area (Å²) in [7, 11) is 3.69. The molecule has 0 N–H and O–H groups in total. The Morgan fingerprint density at radius 1 is 1.33 bits per heavy atom. The lowest BCUT2D eigenvalue weighted by Gasteiger charge is -2.21. The van der Waals surface area contributed by atoms with Crippen molar-refractivity contribution in [2.24, 2.45) is 17.8 Å². The third-order valence-corrected chi connectivity index (χ3v) is 3.04. The molecule has 12 heavy (non-hydrogen) atoms. The highest BCUT2D eigenvalue weighted by atomic mass is 16.2.